The van der Waals surface area contributed by atoms with Crippen LogP contribution in [0.15, 0.2) is 146 Å². The average Bonchev–Trinajstić information content (AvgIpc) is 3.67. The predicted molar refractivity (Wildman–Crippen MR) is 333 cm³/mol. The van der Waals surface area contributed by atoms with E-state index in [0.717, 1.165) is 45.4 Å². The minimum atomic E-state index is -1.52. The molecule has 0 fully saturated rings. The van der Waals surface area contributed by atoms with E-state index in [4.69, 9.17) is 0 Å². The summed E-state index contributed by atoms with van der Waals surface area (Å²) in [5, 5.41) is 22.5. The molecule has 0 aliphatic rings. The molecular weight excluding hydrogens is 1070 g/mol. The molecule has 18 heteroatoms. The summed E-state index contributed by atoms with van der Waals surface area (Å²) in [6.45, 7) is 14.5. The molecule has 0 spiro atoms. The third-order valence-corrected chi connectivity index (χ3v) is 14.5. The number of hydrogen-bond acceptors (Lipinski definition) is 9. The van der Waals surface area contributed by atoms with Gasteiger partial charge >= 0.3 is 6.03 Å². The maximum Gasteiger partial charge on any atom is 0.321 e. The van der Waals surface area contributed by atoms with Gasteiger partial charge in [0.25, 0.3) is 0 Å². The Bertz CT molecular complexity index is 3170. The number of anilines is 5. The second-order valence-corrected chi connectivity index (χ2v) is 22.8. The number of carbonyl (C=O) groups excluding carboxylic acids is 9. The molecule has 0 aliphatic heterocycles. The first-order valence-corrected chi connectivity index (χ1v) is 28.5. The minimum Gasteiger partial charge on any atom is -0.355 e. The van der Waals surface area contributed by atoms with Gasteiger partial charge in [0.1, 0.15) is 16.2 Å². The van der Waals surface area contributed by atoms with Gasteiger partial charge in [-0.05, 0) is 167 Å². The summed E-state index contributed by atoms with van der Waals surface area (Å²) in [6, 6.07) is 44.1. The van der Waals surface area contributed by atoms with Crippen molar-refractivity contribution in [2.45, 2.75) is 94.4 Å². The van der Waals surface area contributed by atoms with E-state index in [-0.39, 0.29) is 56.1 Å². The molecular formula is C67H79N9O9. The third kappa shape index (κ3) is 19.3. The highest BCUT2D eigenvalue weighted by atomic mass is 16.2. The van der Waals surface area contributed by atoms with Crippen LogP contribution in [0, 0.1) is 16.2 Å². The SMILES string of the molecule is CCCNC(=O)C(C)(C)C(=O)Nc1ccc(Cc2ccc(NC(=O)N(CCNC(=O)C(C)(C)C(=O)Cc3ccc(Cc4ccc(NC(C)=O)cc4)cc3)CCNC(=O)C(C)(C)C(=O)Nc3ccc(Cc4ccc(NC(C)=O)cc4)cc3)cc2)cc1. The number of rotatable bonds is 27. The van der Waals surface area contributed by atoms with Crippen LogP contribution in [0.1, 0.15) is 108 Å². The molecule has 0 saturated carbocycles. The van der Waals surface area contributed by atoms with E-state index >= 15 is 0 Å². The van der Waals surface area contributed by atoms with Gasteiger partial charge in [-0.1, -0.05) is 91.9 Å². The number of carbonyl (C=O) groups is 9. The summed E-state index contributed by atoms with van der Waals surface area (Å²) in [6.07, 6.45) is 2.59. The maximum absolute atomic E-state index is 14.1. The van der Waals surface area contributed by atoms with Crippen molar-refractivity contribution in [1.82, 2.24) is 20.9 Å². The number of benzene rings is 6. The lowest BCUT2D eigenvalue weighted by molar-refractivity contribution is -0.140. The number of urea groups is 1. The van der Waals surface area contributed by atoms with E-state index in [0.29, 0.717) is 54.2 Å². The van der Waals surface area contributed by atoms with Crippen LogP contribution in [0.5, 0.6) is 0 Å². The number of hydrogen-bond donors (Lipinski definition) is 8. The minimum absolute atomic E-state index is 0.00448. The largest absolute Gasteiger partial charge is 0.355 e. The summed E-state index contributed by atoms with van der Waals surface area (Å²) in [5.74, 6) is -3.00. The van der Waals surface area contributed by atoms with Crippen LogP contribution in [-0.4, -0.2) is 90.8 Å². The Balaban J connectivity index is 1.05. The van der Waals surface area contributed by atoms with Crippen LogP contribution in [0.4, 0.5) is 33.2 Å². The van der Waals surface area contributed by atoms with E-state index in [9.17, 15) is 43.2 Å². The first-order chi connectivity index (χ1) is 40.3. The first-order valence-electron chi connectivity index (χ1n) is 28.5. The van der Waals surface area contributed by atoms with Crippen LogP contribution >= 0.6 is 0 Å². The quantitative estimate of drug-likeness (QED) is 0.0228. The summed E-state index contributed by atoms with van der Waals surface area (Å²) in [4.78, 5) is 119. The molecule has 0 heterocycles. The first kappa shape index (κ1) is 64.7. The zero-order chi connectivity index (χ0) is 61.9. The number of amides is 9. The Morgan fingerprint density at radius 2 is 0.612 bits per heavy atom. The molecule has 0 aliphatic carbocycles. The monoisotopic (exact) mass is 1150 g/mol. The molecule has 9 amide bonds. The van der Waals surface area contributed by atoms with E-state index in [1.165, 1.54) is 32.6 Å². The Morgan fingerprint density at radius 1 is 0.341 bits per heavy atom. The molecule has 0 bridgehead atoms. The fraction of sp³-hybridized carbons (Fsp3) is 0.328. The Kier molecular flexibility index (Phi) is 22.6. The van der Waals surface area contributed by atoms with Gasteiger partial charge in [0.2, 0.25) is 41.4 Å². The highest BCUT2D eigenvalue weighted by Gasteiger charge is 2.38. The molecule has 6 aromatic carbocycles. The Morgan fingerprint density at radius 3 is 0.929 bits per heavy atom. The van der Waals surface area contributed by atoms with Crippen molar-refractivity contribution >= 4 is 81.6 Å². The third-order valence-electron chi connectivity index (χ3n) is 14.5. The van der Waals surface area contributed by atoms with Gasteiger partial charge in [-0.2, -0.15) is 0 Å². The molecule has 18 nitrogen and oxygen atoms in total. The van der Waals surface area contributed by atoms with Gasteiger partial charge in [-0.25, -0.2) is 4.79 Å². The van der Waals surface area contributed by atoms with Gasteiger partial charge < -0.3 is 47.4 Å². The summed E-state index contributed by atoms with van der Waals surface area (Å²) < 4.78 is 0. The van der Waals surface area contributed by atoms with E-state index < -0.39 is 45.9 Å². The van der Waals surface area contributed by atoms with Crippen LogP contribution in [0.25, 0.3) is 0 Å². The maximum atomic E-state index is 14.1. The zero-order valence-electron chi connectivity index (χ0n) is 50.0. The normalized spacial score (nSPS) is 11.3. The number of nitrogens with zero attached hydrogens (tertiary/aromatic N) is 1. The number of ketones is 1. The average molecular weight is 1150 g/mol. The van der Waals surface area contributed by atoms with Crippen LogP contribution in [0.3, 0.4) is 0 Å². The van der Waals surface area contributed by atoms with Gasteiger partial charge in [0.15, 0.2) is 5.78 Å². The second-order valence-electron chi connectivity index (χ2n) is 22.8. The Labute approximate surface area is 498 Å². The molecule has 0 radical (unpaired) electrons. The molecule has 8 N–H and O–H groups in total. The summed E-state index contributed by atoms with van der Waals surface area (Å²) >= 11 is 0. The lowest BCUT2D eigenvalue weighted by Gasteiger charge is -2.27. The van der Waals surface area contributed by atoms with Crippen molar-refractivity contribution in [2.24, 2.45) is 16.2 Å². The van der Waals surface area contributed by atoms with Crippen LogP contribution < -0.4 is 42.5 Å². The van der Waals surface area contributed by atoms with Crippen molar-refractivity contribution in [3.63, 3.8) is 0 Å². The summed E-state index contributed by atoms with van der Waals surface area (Å²) in [5.41, 5.74) is 5.49. The lowest BCUT2D eigenvalue weighted by Crippen LogP contribution is -2.50. The predicted octanol–water partition coefficient (Wildman–Crippen LogP) is 9.44. The zero-order valence-corrected chi connectivity index (χ0v) is 50.0. The number of nitrogens with one attached hydrogen (secondary N) is 8. The molecule has 0 unspecified atom stereocenters. The van der Waals surface area contributed by atoms with Crippen molar-refractivity contribution in [1.29, 1.82) is 0 Å². The van der Waals surface area contributed by atoms with Crippen molar-refractivity contribution < 1.29 is 43.2 Å². The Hall–Kier alpha value is -9.45. The smallest absolute Gasteiger partial charge is 0.321 e. The van der Waals surface area contributed by atoms with Crippen LogP contribution in [-0.2, 0) is 64.0 Å². The van der Waals surface area contributed by atoms with E-state index in [2.05, 4.69) is 42.5 Å². The van der Waals surface area contributed by atoms with Crippen molar-refractivity contribution in [2.75, 3.05) is 59.3 Å². The van der Waals surface area contributed by atoms with Crippen molar-refractivity contribution in [3.8, 4) is 0 Å². The molecule has 6 rings (SSSR count). The topological polar surface area (TPSA) is 253 Å². The van der Waals surface area contributed by atoms with Gasteiger partial charge in [0.05, 0.1) is 0 Å². The highest BCUT2D eigenvalue weighted by molar-refractivity contribution is 6.11. The highest BCUT2D eigenvalue weighted by Crippen LogP contribution is 2.25. The fourth-order valence-electron chi connectivity index (χ4n) is 8.76. The molecule has 0 aromatic heterocycles. The second kappa shape index (κ2) is 29.7. The summed E-state index contributed by atoms with van der Waals surface area (Å²) in [7, 11) is 0. The lowest BCUT2D eigenvalue weighted by atomic mass is 9.83. The van der Waals surface area contributed by atoms with E-state index in [1.807, 2.05) is 116 Å². The molecule has 6 aromatic rings. The number of Topliss-reactive ketones (excluding diaryl/α,β-unsaturated/α-hetero) is 1. The van der Waals surface area contributed by atoms with E-state index in [1.54, 1.807) is 64.1 Å². The van der Waals surface area contributed by atoms with Crippen LogP contribution in [0.2, 0.25) is 0 Å². The van der Waals surface area contributed by atoms with Crippen molar-refractivity contribution in [3.05, 3.63) is 185 Å². The molecule has 0 saturated heterocycles. The molecule has 0 atom stereocenters. The standard InChI is InChI=1S/C67H79N9O9/c1-10-35-68-60(81)66(6,7)62(83)73-55-29-21-50(22-30-55)42-51-23-33-57(34-24-51)75-64(85)76(38-36-69-59(80)65(4,5)58(79)43-52-13-11-46(12-14-52)40-47-15-25-53(26-16-47)71-44(2)77)39-37-70-61(82)67(8,9)63(84)74-56-31-19-49(20-32-56)41-48-17-27-54(28-18-48)72-45(3)78/h11-34H,10,35-43H2,1-9H3,(H,68,81)(H,69,80)(H,70,82)(H,71,77)(H,72,78)(H,73,83)(H,74,84)(H,75,85). The molecule has 85 heavy (non-hydrogen) atoms. The van der Waals surface area contributed by atoms with Gasteiger partial charge in [-0.3, -0.25) is 38.4 Å². The molecule has 446 valence electrons. The fourth-order valence-corrected chi connectivity index (χ4v) is 8.76. The van der Waals surface area contributed by atoms with Gasteiger partial charge in [-0.15, -0.1) is 0 Å². The van der Waals surface area contributed by atoms with Gasteiger partial charge in [0, 0.05) is 81.4 Å².